The van der Waals surface area contributed by atoms with Gasteiger partial charge in [0, 0.05) is 13.6 Å². The molecule has 2 aromatic rings. The molecule has 0 unspecified atom stereocenters. The van der Waals surface area contributed by atoms with Gasteiger partial charge in [-0.25, -0.2) is 5.43 Å². The highest BCUT2D eigenvalue weighted by Crippen LogP contribution is 2.10. The molecule has 0 heterocycles. The number of nitrogens with zero attached hydrogens (tertiary/aromatic N) is 1. The van der Waals surface area contributed by atoms with E-state index in [2.05, 4.69) is 48.4 Å². The first-order valence-corrected chi connectivity index (χ1v) is 6.03. The van der Waals surface area contributed by atoms with Gasteiger partial charge in [-0.05, 0) is 23.3 Å². The Morgan fingerprint density at radius 1 is 1.06 bits per heavy atom. The lowest BCUT2D eigenvalue weighted by Crippen LogP contribution is -2.33. The molecule has 0 saturated heterocycles. The molecule has 1 N–H and O–H groups in total. The molecule has 0 aliphatic heterocycles. The maximum Gasteiger partial charge on any atom is 0.0516 e. The maximum absolute atomic E-state index is 3.75. The van der Waals surface area contributed by atoms with Crippen molar-refractivity contribution in [1.82, 2.24) is 5.43 Å². The number of hydrazine groups is 1. The molecule has 2 nitrogen and oxygen atoms in total. The fourth-order valence-electron chi connectivity index (χ4n) is 1.72. The van der Waals surface area contributed by atoms with Crippen LogP contribution >= 0.6 is 0 Å². The maximum atomic E-state index is 3.75. The van der Waals surface area contributed by atoms with Crippen LogP contribution in [0.15, 0.2) is 61.2 Å². The highest BCUT2D eigenvalue weighted by atomic mass is 15.5. The molecule has 18 heavy (non-hydrogen) atoms. The average molecular weight is 238 g/mol. The summed E-state index contributed by atoms with van der Waals surface area (Å²) in [7, 11) is 2.02. The van der Waals surface area contributed by atoms with Gasteiger partial charge in [-0.3, -0.25) is 0 Å². The van der Waals surface area contributed by atoms with Gasteiger partial charge in [-0.2, -0.15) is 0 Å². The number of hydrogen-bond acceptors (Lipinski definition) is 2. The van der Waals surface area contributed by atoms with E-state index in [1.54, 1.807) is 0 Å². The number of rotatable bonds is 5. The molecular weight excluding hydrogens is 220 g/mol. The van der Waals surface area contributed by atoms with Crippen molar-refractivity contribution in [2.24, 2.45) is 0 Å². The Balaban J connectivity index is 1.93. The number of anilines is 1. The van der Waals surface area contributed by atoms with E-state index < -0.39 is 0 Å². The first kappa shape index (κ1) is 12.4. The van der Waals surface area contributed by atoms with Crippen LogP contribution in [0.2, 0.25) is 0 Å². The third kappa shape index (κ3) is 3.22. The monoisotopic (exact) mass is 238 g/mol. The van der Waals surface area contributed by atoms with Crippen LogP contribution in [0.1, 0.15) is 11.1 Å². The van der Waals surface area contributed by atoms with Gasteiger partial charge < -0.3 is 5.01 Å². The first-order chi connectivity index (χ1) is 8.79. The van der Waals surface area contributed by atoms with Crippen molar-refractivity contribution >= 4 is 11.8 Å². The van der Waals surface area contributed by atoms with Crippen LogP contribution in [-0.2, 0) is 6.54 Å². The lowest BCUT2D eigenvalue weighted by atomic mass is 10.1. The predicted octanol–water partition coefficient (Wildman–Crippen LogP) is 3.47. The fraction of sp³-hybridized carbons (Fsp3) is 0.125. The second kappa shape index (κ2) is 6.03. The van der Waals surface area contributed by atoms with Crippen molar-refractivity contribution in [3.63, 3.8) is 0 Å². The highest BCUT2D eigenvalue weighted by molar-refractivity contribution is 5.47. The second-order valence-corrected chi connectivity index (χ2v) is 4.18. The van der Waals surface area contributed by atoms with E-state index >= 15 is 0 Å². The Bertz CT molecular complexity index is 488. The van der Waals surface area contributed by atoms with Crippen molar-refractivity contribution in [3.8, 4) is 0 Å². The van der Waals surface area contributed by atoms with Gasteiger partial charge >= 0.3 is 0 Å². The van der Waals surface area contributed by atoms with Crippen molar-refractivity contribution in [2.45, 2.75) is 6.54 Å². The Morgan fingerprint density at radius 2 is 1.72 bits per heavy atom. The van der Waals surface area contributed by atoms with Crippen LogP contribution in [0.5, 0.6) is 0 Å². The minimum Gasteiger partial charge on any atom is -0.311 e. The van der Waals surface area contributed by atoms with Gasteiger partial charge in [-0.15, -0.1) is 0 Å². The Labute approximate surface area is 109 Å². The summed E-state index contributed by atoms with van der Waals surface area (Å²) in [6, 6.07) is 18.6. The third-order valence-corrected chi connectivity index (χ3v) is 2.88. The van der Waals surface area contributed by atoms with Crippen molar-refractivity contribution in [3.05, 3.63) is 72.3 Å². The zero-order chi connectivity index (χ0) is 12.8. The number of benzene rings is 2. The van der Waals surface area contributed by atoms with E-state index in [0.29, 0.717) is 0 Å². The Hall–Kier alpha value is -2.06. The third-order valence-electron chi connectivity index (χ3n) is 2.88. The summed E-state index contributed by atoms with van der Waals surface area (Å²) in [5.74, 6) is 0. The van der Waals surface area contributed by atoms with E-state index in [1.165, 1.54) is 5.56 Å². The topological polar surface area (TPSA) is 15.3 Å². The molecule has 0 spiro atoms. The molecule has 0 saturated carbocycles. The molecule has 0 atom stereocenters. The average Bonchev–Trinajstić information content (AvgIpc) is 2.46. The van der Waals surface area contributed by atoms with Crippen molar-refractivity contribution in [2.75, 3.05) is 12.1 Å². The van der Waals surface area contributed by atoms with Crippen molar-refractivity contribution < 1.29 is 0 Å². The normalized spacial score (nSPS) is 10.1. The molecule has 92 valence electrons. The lowest BCUT2D eigenvalue weighted by Gasteiger charge is -2.20. The summed E-state index contributed by atoms with van der Waals surface area (Å²) in [5.41, 5.74) is 6.91. The largest absolute Gasteiger partial charge is 0.311 e. The molecule has 0 aliphatic rings. The summed E-state index contributed by atoms with van der Waals surface area (Å²) in [6.45, 7) is 4.56. The van der Waals surface area contributed by atoms with Crippen LogP contribution in [0.4, 0.5) is 5.69 Å². The molecule has 2 heteroatoms. The van der Waals surface area contributed by atoms with E-state index in [0.717, 1.165) is 17.8 Å². The molecule has 0 amide bonds. The summed E-state index contributed by atoms with van der Waals surface area (Å²) in [6.07, 6.45) is 1.85. The van der Waals surface area contributed by atoms with Crippen LogP contribution in [0, 0.1) is 0 Å². The first-order valence-electron chi connectivity index (χ1n) is 6.03. The van der Waals surface area contributed by atoms with E-state index in [1.807, 2.05) is 36.3 Å². The quantitative estimate of drug-likeness (QED) is 0.802. The summed E-state index contributed by atoms with van der Waals surface area (Å²) in [4.78, 5) is 0. The minimum atomic E-state index is 0.808. The smallest absolute Gasteiger partial charge is 0.0516 e. The fourth-order valence-corrected chi connectivity index (χ4v) is 1.72. The Morgan fingerprint density at radius 3 is 2.33 bits per heavy atom. The van der Waals surface area contributed by atoms with E-state index in [-0.39, 0.29) is 0 Å². The molecule has 0 bridgehead atoms. The summed E-state index contributed by atoms with van der Waals surface area (Å²) >= 11 is 0. The molecule has 0 aliphatic carbocycles. The number of hydrogen-bond donors (Lipinski definition) is 1. The summed E-state index contributed by atoms with van der Waals surface area (Å²) < 4.78 is 0. The van der Waals surface area contributed by atoms with Crippen molar-refractivity contribution in [1.29, 1.82) is 0 Å². The molecule has 2 aromatic carbocycles. The molecule has 0 fully saturated rings. The predicted molar refractivity (Wildman–Crippen MR) is 78.2 cm³/mol. The van der Waals surface area contributed by atoms with Gasteiger partial charge in [0.25, 0.3) is 0 Å². The summed E-state index contributed by atoms with van der Waals surface area (Å²) in [5, 5.41) is 2.03. The van der Waals surface area contributed by atoms with Gasteiger partial charge in [-0.1, -0.05) is 55.1 Å². The van der Waals surface area contributed by atoms with Crippen LogP contribution < -0.4 is 10.4 Å². The van der Waals surface area contributed by atoms with Gasteiger partial charge in [0.05, 0.1) is 5.69 Å². The molecule has 0 radical (unpaired) electrons. The van der Waals surface area contributed by atoms with Crippen LogP contribution in [-0.4, -0.2) is 7.05 Å². The number of nitrogens with one attached hydrogen (secondary N) is 1. The zero-order valence-electron chi connectivity index (χ0n) is 10.6. The SMILES string of the molecule is C=Cc1ccc(CNN(C)c2ccccc2)cc1. The van der Waals surface area contributed by atoms with Gasteiger partial charge in [0.15, 0.2) is 0 Å². The van der Waals surface area contributed by atoms with Gasteiger partial charge in [0.2, 0.25) is 0 Å². The van der Waals surface area contributed by atoms with Crippen LogP contribution in [0.25, 0.3) is 6.08 Å². The molecule has 2 rings (SSSR count). The lowest BCUT2D eigenvalue weighted by molar-refractivity contribution is 0.678. The molecular formula is C16H18N2. The standard InChI is InChI=1S/C16H18N2/c1-3-14-9-11-15(12-10-14)13-17-18(2)16-7-5-4-6-8-16/h3-12,17H,1,13H2,2H3. The van der Waals surface area contributed by atoms with Gasteiger partial charge in [0.1, 0.15) is 0 Å². The van der Waals surface area contributed by atoms with Crippen LogP contribution in [0.3, 0.4) is 0 Å². The zero-order valence-corrected chi connectivity index (χ0v) is 10.6. The Kier molecular flexibility index (Phi) is 4.15. The van der Waals surface area contributed by atoms with E-state index in [9.17, 15) is 0 Å². The van der Waals surface area contributed by atoms with E-state index in [4.69, 9.17) is 0 Å². The minimum absolute atomic E-state index is 0.808. The second-order valence-electron chi connectivity index (χ2n) is 4.18. The molecule has 0 aromatic heterocycles. The number of para-hydroxylation sites is 1. The highest BCUT2D eigenvalue weighted by Gasteiger charge is 1.99.